The van der Waals surface area contributed by atoms with Crippen LogP contribution in [0.4, 0.5) is 0 Å². The average Bonchev–Trinajstić information content (AvgIpc) is 3.32. The van der Waals surface area contributed by atoms with Crippen LogP contribution in [0.3, 0.4) is 0 Å². The monoisotopic (exact) mass is 365 g/mol. The van der Waals surface area contributed by atoms with Gasteiger partial charge >= 0.3 is 0 Å². The Balaban J connectivity index is 1.56. The van der Waals surface area contributed by atoms with Crippen LogP contribution in [0, 0.1) is 0 Å². The lowest BCUT2D eigenvalue weighted by molar-refractivity contribution is -0.123. The molecule has 2 aromatic carbocycles. The Morgan fingerprint density at radius 3 is 2.70 bits per heavy atom. The van der Waals surface area contributed by atoms with Crippen molar-refractivity contribution in [3.05, 3.63) is 60.4 Å². The van der Waals surface area contributed by atoms with E-state index in [4.69, 9.17) is 9.72 Å². The first-order valence-corrected chi connectivity index (χ1v) is 9.22. The van der Waals surface area contributed by atoms with Crippen molar-refractivity contribution >= 4 is 16.9 Å². The number of nitrogens with one attached hydrogen (secondary N) is 1. The van der Waals surface area contributed by atoms with Gasteiger partial charge in [0, 0.05) is 25.1 Å². The molecule has 1 aliphatic rings. The number of amides is 1. The van der Waals surface area contributed by atoms with E-state index in [0.717, 1.165) is 22.5 Å². The summed E-state index contributed by atoms with van der Waals surface area (Å²) < 4.78 is 7.44. The molecular formula is C21H23N3O3. The summed E-state index contributed by atoms with van der Waals surface area (Å²) >= 11 is 0. The Hall–Kier alpha value is -2.70. The van der Waals surface area contributed by atoms with Crippen LogP contribution in [0.1, 0.15) is 18.7 Å². The standard InChI is InChI=1S/C21H23N3O3/c25-14-21(12-13-27-15-21)23-20(26)11-10-19-22-17-8-4-5-9-18(17)24(19)16-6-2-1-3-7-16/h1-9,25H,10-15H2,(H,23,26). The van der Waals surface area contributed by atoms with Gasteiger partial charge in [-0.2, -0.15) is 0 Å². The highest BCUT2D eigenvalue weighted by Crippen LogP contribution is 2.23. The summed E-state index contributed by atoms with van der Waals surface area (Å²) in [7, 11) is 0. The number of ether oxygens (including phenoxy) is 1. The van der Waals surface area contributed by atoms with E-state index in [1.54, 1.807) is 0 Å². The Morgan fingerprint density at radius 1 is 1.19 bits per heavy atom. The zero-order valence-corrected chi connectivity index (χ0v) is 15.1. The molecule has 140 valence electrons. The Morgan fingerprint density at radius 2 is 1.96 bits per heavy atom. The van der Waals surface area contributed by atoms with E-state index in [1.165, 1.54) is 0 Å². The third-order valence-corrected chi connectivity index (χ3v) is 5.03. The Labute approximate surface area is 157 Å². The van der Waals surface area contributed by atoms with Gasteiger partial charge in [-0.05, 0) is 30.7 Å². The number of benzene rings is 2. The van der Waals surface area contributed by atoms with Gasteiger partial charge in [-0.25, -0.2) is 4.98 Å². The van der Waals surface area contributed by atoms with Gasteiger partial charge in [0.1, 0.15) is 5.82 Å². The smallest absolute Gasteiger partial charge is 0.221 e. The predicted molar refractivity (Wildman–Crippen MR) is 103 cm³/mol. The van der Waals surface area contributed by atoms with Crippen LogP contribution < -0.4 is 5.32 Å². The minimum atomic E-state index is -0.642. The number of carbonyl (C=O) groups is 1. The van der Waals surface area contributed by atoms with Crippen molar-refractivity contribution in [3.63, 3.8) is 0 Å². The lowest BCUT2D eigenvalue weighted by atomic mass is 10.00. The highest BCUT2D eigenvalue weighted by Gasteiger charge is 2.35. The minimum absolute atomic E-state index is 0.0961. The fourth-order valence-corrected chi connectivity index (χ4v) is 3.56. The molecule has 1 aromatic heterocycles. The number of hydrogen-bond donors (Lipinski definition) is 2. The van der Waals surface area contributed by atoms with E-state index >= 15 is 0 Å². The van der Waals surface area contributed by atoms with E-state index < -0.39 is 5.54 Å². The van der Waals surface area contributed by atoms with Gasteiger partial charge in [0.05, 0.1) is 29.8 Å². The van der Waals surface area contributed by atoms with Crippen molar-refractivity contribution < 1.29 is 14.6 Å². The third kappa shape index (κ3) is 3.59. The van der Waals surface area contributed by atoms with E-state index in [0.29, 0.717) is 32.5 Å². The number of aryl methyl sites for hydroxylation is 1. The summed E-state index contributed by atoms with van der Waals surface area (Å²) in [6, 6.07) is 18.0. The van der Waals surface area contributed by atoms with Crippen molar-refractivity contribution in [2.75, 3.05) is 19.8 Å². The number of carbonyl (C=O) groups excluding carboxylic acids is 1. The zero-order valence-electron chi connectivity index (χ0n) is 15.1. The van der Waals surface area contributed by atoms with Gasteiger partial charge in [-0.3, -0.25) is 9.36 Å². The molecule has 1 fully saturated rings. The van der Waals surface area contributed by atoms with Crippen LogP contribution in [0.2, 0.25) is 0 Å². The average molecular weight is 365 g/mol. The molecule has 1 unspecified atom stereocenters. The van der Waals surface area contributed by atoms with Crippen molar-refractivity contribution in [1.82, 2.24) is 14.9 Å². The van der Waals surface area contributed by atoms with Crippen molar-refractivity contribution in [2.24, 2.45) is 0 Å². The lowest BCUT2D eigenvalue weighted by Gasteiger charge is -2.26. The van der Waals surface area contributed by atoms with E-state index in [2.05, 4.69) is 9.88 Å². The fourth-order valence-electron chi connectivity index (χ4n) is 3.56. The molecule has 2 N–H and O–H groups in total. The molecule has 6 heteroatoms. The highest BCUT2D eigenvalue weighted by molar-refractivity contribution is 5.79. The number of nitrogens with zero attached hydrogens (tertiary/aromatic N) is 2. The minimum Gasteiger partial charge on any atom is -0.394 e. The number of aliphatic hydroxyl groups is 1. The molecule has 1 atom stereocenters. The van der Waals surface area contributed by atoms with Crippen LogP contribution in [-0.4, -0.2) is 45.9 Å². The van der Waals surface area contributed by atoms with E-state index in [-0.39, 0.29) is 12.5 Å². The maximum Gasteiger partial charge on any atom is 0.221 e. The number of aliphatic hydroxyl groups excluding tert-OH is 1. The summed E-state index contributed by atoms with van der Waals surface area (Å²) in [5, 5.41) is 12.6. The second-order valence-corrected chi connectivity index (χ2v) is 6.98. The third-order valence-electron chi connectivity index (χ3n) is 5.03. The molecule has 2 heterocycles. The molecule has 4 rings (SSSR count). The number of imidazole rings is 1. The summed E-state index contributed by atoms with van der Waals surface area (Å²) in [6.07, 6.45) is 1.45. The normalized spacial score (nSPS) is 19.4. The second-order valence-electron chi connectivity index (χ2n) is 6.98. The zero-order chi connectivity index (χ0) is 18.7. The maximum absolute atomic E-state index is 12.5. The molecule has 0 saturated carbocycles. The van der Waals surface area contributed by atoms with Crippen LogP contribution in [0.15, 0.2) is 54.6 Å². The second kappa shape index (κ2) is 7.50. The fraction of sp³-hybridized carbons (Fsp3) is 0.333. The summed E-state index contributed by atoms with van der Waals surface area (Å²) in [5.74, 6) is 0.750. The van der Waals surface area contributed by atoms with Crippen molar-refractivity contribution in [2.45, 2.75) is 24.8 Å². The first-order valence-electron chi connectivity index (χ1n) is 9.22. The maximum atomic E-state index is 12.5. The van der Waals surface area contributed by atoms with Gasteiger partial charge < -0.3 is 15.2 Å². The van der Waals surface area contributed by atoms with Crippen molar-refractivity contribution in [3.8, 4) is 5.69 Å². The van der Waals surface area contributed by atoms with Crippen LogP contribution >= 0.6 is 0 Å². The molecule has 3 aromatic rings. The molecule has 27 heavy (non-hydrogen) atoms. The first-order chi connectivity index (χ1) is 13.2. The van der Waals surface area contributed by atoms with Crippen LogP contribution in [0.25, 0.3) is 16.7 Å². The molecule has 0 spiro atoms. The molecular weight excluding hydrogens is 342 g/mol. The largest absolute Gasteiger partial charge is 0.394 e. The number of para-hydroxylation sites is 3. The molecule has 0 aliphatic carbocycles. The molecule has 1 saturated heterocycles. The molecule has 1 aliphatic heterocycles. The van der Waals surface area contributed by atoms with Crippen LogP contribution in [-0.2, 0) is 16.0 Å². The first kappa shape index (κ1) is 17.7. The van der Waals surface area contributed by atoms with Crippen molar-refractivity contribution in [1.29, 1.82) is 0 Å². The van der Waals surface area contributed by atoms with Gasteiger partial charge in [0.25, 0.3) is 0 Å². The van der Waals surface area contributed by atoms with Gasteiger partial charge in [-0.15, -0.1) is 0 Å². The number of hydrogen-bond acceptors (Lipinski definition) is 4. The Bertz CT molecular complexity index is 930. The Kier molecular flexibility index (Phi) is 4.92. The topological polar surface area (TPSA) is 76.4 Å². The SMILES string of the molecule is O=C(CCc1nc2ccccc2n1-c1ccccc1)NC1(CO)CCOC1. The highest BCUT2D eigenvalue weighted by atomic mass is 16.5. The van der Waals surface area contributed by atoms with E-state index in [9.17, 15) is 9.90 Å². The molecule has 0 bridgehead atoms. The van der Waals surface area contributed by atoms with Crippen LogP contribution in [0.5, 0.6) is 0 Å². The summed E-state index contributed by atoms with van der Waals surface area (Å²) in [6.45, 7) is 0.809. The van der Waals surface area contributed by atoms with E-state index in [1.807, 2.05) is 54.6 Å². The number of fused-ring (bicyclic) bond motifs is 1. The van der Waals surface area contributed by atoms with Gasteiger partial charge in [0.15, 0.2) is 0 Å². The van der Waals surface area contributed by atoms with Gasteiger partial charge in [-0.1, -0.05) is 30.3 Å². The molecule has 1 amide bonds. The predicted octanol–water partition coefficient (Wildman–Crippen LogP) is 2.23. The quantitative estimate of drug-likeness (QED) is 0.702. The number of aromatic nitrogens is 2. The summed E-state index contributed by atoms with van der Waals surface area (Å²) in [4.78, 5) is 17.2. The van der Waals surface area contributed by atoms with Gasteiger partial charge in [0.2, 0.25) is 5.91 Å². The molecule has 0 radical (unpaired) electrons. The number of rotatable bonds is 6. The lowest BCUT2D eigenvalue weighted by Crippen LogP contribution is -2.52. The molecule has 6 nitrogen and oxygen atoms in total. The summed E-state index contributed by atoms with van der Waals surface area (Å²) in [5.41, 5.74) is 2.32.